The molecule has 0 amide bonds. The van der Waals surface area contributed by atoms with Gasteiger partial charge in [-0.3, -0.25) is 5.10 Å². The first-order chi connectivity index (χ1) is 8.77. The summed E-state index contributed by atoms with van der Waals surface area (Å²) in [4.78, 5) is 11.0. The maximum absolute atomic E-state index is 11.0. The number of benzene rings is 1. The van der Waals surface area contributed by atoms with Crippen LogP contribution in [0.15, 0.2) is 30.3 Å². The first-order valence-corrected chi connectivity index (χ1v) is 6.12. The van der Waals surface area contributed by atoms with Crippen LogP contribution in [-0.4, -0.2) is 21.3 Å². The van der Waals surface area contributed by atoms with Crippen LogP contribution in [0.25, 0.3) is 0 Å². The lowest BCUT2D eigenvalue weighted by atomic mass is 10.0. The Morgan fingerprint density at radius 3 is 2.78 bits per heavy atom. The van der Waals surface area contributed by atoms with Crippen molar-refractivity contribution in [2.45, 2.75) is 18.3 Å². The van der Waals surface area contributed by atoms with Crippen molar-refractivity contribution >= 4 is 5.97 Å². The fourth-order valence-electron chi connectivity index (χ4n) is 3.40. The molecule has 90 valence electrons. The van der Waals surface area contributed by atoms with E-state index in [0.717, 1.165) is 17.7 Å². The van der Waals surface area contributed by atoms with Crippen LogP contribution >= 0.6 is 0 Å². The number of carboxylic acids is 1. The van der Waals surface area contributed by atoms with Crippen LogP contribution in [0.5, 0.6) is 0 Å². The molecule has 1 fully saturated rings. The van der Waals surface area contributed by atoms with Crippen LogP contribution in [-0.2, 0) is 6.42 Å². The zero-order chi connectivity index (χ0) is 12.3. The monoisotopic (exact) mass is 240 g/mol. The second-order valence-electron chi connectivity index (χ2n) is 5.10. The number of H-pyrrole nitrogens is 1. The van der Waals surface area contributed by atoms with E-state index in [1.54, 1.807) is 0 Å². The fraction of sp³-hybridized carbons (Fsp3) is 0.286. The van der Waals surface area contributed by atoms with Crippen LogP contribution in [0.4, 0.5) is 0 Å². The van der Waals surface area contributed by atoms with E-state index in [0.29, 0.717) is 17.8 Å². The van der Waals surface area contributed by atoms with E-state index in [9.17, 15) is 4.79 Å². The largest absolute Gasteiger partial charge is 0.477 e. The van der Waals surface area contributed by atoms with Gasteiger partial charge in [0, 0.05) is 11.5 Å². The zero-order valence-electron chi connectivity index (χ0n) is 9.63. The Balaban J connectivity index is 1.69. The van der Waals surface area contributed by atoms with E-state index in [1.165, 1.54) is 5.56 Å². The van der Waals surface area contributed by atoms with Gasteiger partial charge in [-0.1, -0.05) is 30.3 Å². The number of hydrogen-bond acceptors (Lipinski definition) is 2. The van der Waals surface area contributed by atoms with Gasteiger partial charge in [-0.2, -0.15) is 5.10 Å². The van der Waals surface area contributed by atoms with Crippen molar-refractivity contribution in [3.8, 4) is 0 Å². The number of aromatic carboxylic acids is 1. The third kappa shape index (κ3) is 1.15. The summed E-state index contributed by atoms with van der Waals surface area (Å²) in [5, 5.41) is 15.9. The second kappa shape index (κ2) is 3.22. The molecule has 2 aromatic rings. The molecular weight excluding hydrogens is 228 g/mol. The van der Waals surface area contributed by atoms with Gasteiger partial charge < -0.3 is 5.11 Å². The van der Waals surface area contributed by atoms with Crippen molar-refractivity contribution in [2.75, 3.05) is 0 Å². The van der Waals surface area contributed by atoms with E-state index in [4.69, 9.17) is 5.11 Å². The van der Waals surface area contributed by atoms with E-state index < -0.39 is 5.97 Å². The Bertz CT molecular complexity index is 632. The zero-order valence-corrected chi connectivity index (χ0v) is 9.63. The molecular formula is C14H12N2O2. The van der Waals surface area contributed by atoms with Crippen LogP contribution < -0.4 is 0 Å². The highest BCUT2D eigenvalue weighted by atomic mass is 16.4. The van der Waals surface area contributed by atoms with Crippen molar-refractivity contribution < 1.29 is 9.90 Å². The second-order valence-corrected chi connectivity index (χ2v) is 5.10. The Labute approximate surface area is 104 Å². The van der Waals surface area contributed by atoms with Crippen molar-refractivity contribution in [1.29, 1.82) is 0 Å². The Hall–Kier alpha value is -2.10. The first kappa shape index (κ1) is 9.88. The van der Waals surface area contributed by atoms with Gasteiger partial charge in [0.25, 0.3) is 0 Å². The highest BCUT2D eigenvalue weighted by Crippen LogP contribution is 2.66. The smallest absolute Gasteiger partial charge is 0.354 e. The number of hydrogen-bond donors (Lipinski definition) is 2. The minimum atomic E-state index is -0.902. The van der Waals surface area contributed by atoms with E-state index in [2.05, 4.69) is 34.5 Å². The summed E-state index contributed by atoms with van der Waals surface area (Å²) in [7, 11) is 0. The SMILES string of the molecule is O=C(O)c1[nH]nc2c1CC1C2[C@H]1c1ccccc1. The first-order valence-electron chi connectivity index (χ1n) is 6.12. The molecule has 2 unspecified atom stereocenters. The van der Waals surface area contributed by atoms with E-state index in [-0.39, 0.29) is 5.69 Å². The summed E-state index contributed by atoms with van der Waals surface area (Å²) in [6, 6.07) is 10.4. The molecule has 0 saturated heterocycles. The quantitative estimate of drug-likeness (QED) is 0.845. The number of aromatic nitrogens is 2. The minimum absolute atomic E-state index is 0.281. The van der Waals surface area contributed by atoms with Crippen LogP contribution in [0.2, 0.25) is 0 Å². The summed E-state index contributed by atoms with van der Waals surface area (Å²) in [5.74, 6) is 0.606. The minimum Gasteiger partial charge on any atom is -0.477 e. The number of fused-ring (bicyclic) bond motifs is 3. The third-order valence-corrected chi connectivity index (χ3v) is 4.22. The predicted octanol–water partition coefficient (Wildman–Crippen LogP) is 2.16. The average Bonchev–Trinajstić information content (AvgIpc) is 2.75. The summed E-state index contributed by atoms with van der Waals surface area (Å²) in [6.45, 7) is 0. The number of carbonyl (C=O) groups is 1. The Morgan fingerprint density at radius 1 is 1.28 bits per heavy atom. The van der Waals surface area contributed by atoms with Crippen LogP contribution in [0.1, 0.15) is 39.1 Å². The third-order valence-electron chi connectivity index (χ3n) is 4.22. The highest BCUT2D eigenvalue weighted by molar-refractivity contribution is 5.88. The predicted molar refractivity (Wildman–Crippen MR) is 64.7 cm³/mol. The molecule has 0 aliphatic heterocycles. The van der Waals surface area contributed by atoms with E-state index in [1.807, 2.05) is 6.07 Å². The molecule has 0 spiro atoms. The molecule has 1 aromatic heterocycles. The summed E-state index contributed by atoms with van der Waals surface area (Å²) < 4.78 is 0. The number of nitrogens with one attached hydrogen (secondary N) is 1. The molecule has 2 aliphatic carbocycles. The molecule has 0 bridgehead atoms. The van der Waals surface area contributed by atoms with Crippen LogP contribution in [0.3, 0.4) is 0 Å². The van der Waals surface area contributed by atoms with Gasteiger partial charge in [0.15, 0.2) is 0 Å². The van der Waals surface area contributed by atoms with Gasteiger partial charge in [0.1, 0.15) is 5.69 Å². The lowest BCUT2D eigenvalue weighted by Gasteiger charge is -2.03. The lowest BCUT2D eigenvalue weighted by Crippen LogP contribution is -2.02. The highest BCUT2D eigenvalue weighted by Gasteiger charge is 2.58. The van der Waals surface area contributed by atoms with Gasteiger partial charge in [-0.05, 0) is 23.8 Å². The topological polar surface area (TPSA) is 66.0 Å². The van der Waals surface area contributed by atoms with Crippen molar-refractivity contribution in [3.63, 3.8) is 0 Å². The number of aromatic amines is 1. The van der Waals surface area contributed by atoms with Crippen LogP contribution in [0, 0.1) is 5.92 Å². The number of nitrogens with zero attached hydrogens (tertiary/aromatic N) is 1. The van der Waals surface area contributed by atoms with Crippen molar-refractivity contribution in [3.05, 3.63) is 52.8 Å². The molecule has 4 nitrogen and oxygen atoms in total. The summed E-state index contributed by atoms with van der Waals surface area (Å²) >= 11 is 0. The van der Waals surface area contributed by atoms with Gasteiger partial charge in [0.2, 0.25) is 0 Å². The normalized spacial score (nSPS) is 27.7. The molecule has 3 atom stereocenters. The molecule has 1 saturated carbocycles. The fourth-order valence-corrected chi connectivity index (χ4v) is 3.40. The summed E-state index contributed by atoms with van der Waals surface area (Å²) in [6.07, 6.45) is 0.845. The molecule has 4 rings (SSSR count). The lowest BCUT2D eigenvalue weighted by molar-refractivity contribution is 0.0689. The number of carboxylic acid groups (broad SMARTS) is 1. The molecule has 4 heteroatoms. The molecule has 0 radical (unpaired) electrons. The van der Waals surface area contributed by atoms with Crippen molar-refractivity contribution in [2.24, 2.45) is 5.92 Å². The molecule has 1 aromatic carbocycles. The van der Waals surface area contributed by atoms with E-state index >= 15 is 0 Å². The van der Waals surface area contributed by atoms with Gasteiger partial charge in [-0.15, -0.1) is 0 Å². The Morgan fingerprint density at radius 2 is 2.06 bits per heavy atom. The van der Waals surface area contributed by atoms with Gasteiger partial charge in [0.05, 0.1) is 5.69 Å². The van der Waals surface area contributed by atoms with Crippen molar-refractivity contribution in [1.82, 2.24) is 10.2 Å². The Kier molecular flexibility index (Phi) is 1.77. The average molecular weight is 240 g/mol. The maximum atomic E-state index is 11.0. The molecule has 2 aliphatic rings. The molecule has 1 heterocycles. The maximum Gasteiger partial charge on any atom is 0.354 e. The standard InChI is InChI=1S/C14H12N2O2/c17-14(18)13-9-6-8-10(7-4-2-1-3-5-7)11(8)12(9)15-16-13/h1-5,8,10-11H,6H2,(H,15,16)(H,17,18)/t8?,10-,11?/m0/s1. The number of rotatable bonds is 2. The van der Waals surface area contributed by atoms with Gasteiger partial charge in [-0.25, -0.2) is 4.79 Å². The van der Waals surface area contributed by atoms with Gasteiger partial charge >= 0.3 is 5.97 Å². The molecule has 2 N–H and O–H groups in total. The molecule has 18 heavy (non-hydrogen) atoms. The summed E-state index contributed by atoms with van der Waals surface area (Å²) in [5.41, 5.74) is 3.53.